The van der Waals surface area contributed by atoms with E-state index in [-0.39, 0.29) is 153 Å². The average molecular weight is 2050 g/mol. The molecule has 11 heterocycles. The molecule has 0 spiro atoms. The molecule has 733 valence electrons. The van der Waals surface area contributed by atoms with E-state index in [2.05, 4.69) is 64.1 Å². The van der Waals surface area contributed by atoms with Crippen molar-refractivity contribution in [1.82, 2.24) is 0 Å². The van der Waals surface area contributed by atoms with Crippen LogP contribution in [0.15, 0.2) is 0 Å². The maximum Gasteiger partial charge on any atom is 1.00 e. The second kappa shape index (κ2) is 51.8. The topological polar surface area (TPSA) is 696 Å². The third-order valence-electron chi connectivity index (χ3n) is 17.5. The Morgan fingerprint density at radius 3 is 0.944 bits per heavy atom. The number of hydrogen-bond acceptors (Lipinski definition) is 46. The minimum atomic E-state index is -4.67. The van der Waals surface area contributed by atoms with E-state index in [1.165, 1.54) is 0 Å². The number of carbonyl (C=O) groups excluding carboxylic acids is 5. The van der Waals surface area contributed by atoms with Crippen LogP contribution in [0.25, 0.3) is 0 Å². The number of aliphatic hydroxyl groups excluding tert-OH is 7. The number of cyclic esters (lactones) is 5. The molecule has 0 bridgehead atoms. The van der Waals surface area contributed by atoms with Gasteiger partial charge in [0.15, 0.2) is 104 Å². The van der Waals surface area contributed by atoms with Gasteiger partial charge in [-0.1, -0.05) is 34.6 Å². The van der Waals surface area contributed by atoms with E-state index in [1.807, 2.05) is 20.8 Å². The molecule has 0 aromatic carbocycles. The Morgan fingerprint density at radius 1 is 0.429 bits per heavy atom. The van der Waals surface area contributed by atoms with Gasteiger partial charge in [-0.15, -0.1) is 0 Å². The molecule has 11 saturated heterocycles. The van der Waals surface area contributed by atoms with Crippen molar-refractivity contribution in [3.63, 3.8) is 0 Å². The van der Waals surface area contributed by atoms with Crippen molar-refractivity contribution in [2.45, 2.75) is 312 Å². The first-order valence-corrected chi connectivity index (χ1v) is 52.2. The standard InChI is InChI=1S/C14H26O5Si.C11H22O8S2.C9H14O7S.C9H18O4.2C8H12O5.C5H8O5.2CH3ClO2S.B.K.Na.H2O4S.H2O.H/c1-13(2,3)20(6,7)16-8-9-10-11(12(15)17-9)19-14(4,5)18-10;1-6-8(19-21(5,14)15)10-9(7-16-20(4,12)13)17-11(2,3)18-10;1-9(2)15-6-5(4-13-17(3,11)12)14-8(10)7(6)16-9;1-4-6(11)8-7(5-10)12-9(2,3)13-8;2*1-8(2)12-5-4(3-9)11-7(10)6(5)13-8;6-1-2-3(7)4(8)5(9)10-2;2*1-5(2,3)4;;;;1-5(2,3)4;;/h9-11H,8H2,1-7H3;8-10H,6-7H2,1-5H3;5-7H,4H2,1-3H3;6-8,10-11H,4-5H2,1-3H3;2*4-6,9H,3H2,1-2H3;2-4,6-8H,1H2;2*1H3;;;;(H2,1,2,3,4);1H2;/q;;;;;;;;;;2*+1;;;-1/p-1/t9-,10+,11+;8-,9-,10+;5-,6-,7-;6-,7-,8+;4-,5+,6+;4-,5-,6-;2-,3-,4-;;;;;;;;/m0010011......../s1. The van der Waals surface area contributed by atoms with Crippen molar-refractivity contribution >= 4 is 127 Å². The van der Waals surface area contributed by atoms with Crippen LogP contribution >= 0.6 is 21.4 Å². The van der Waals surface area contributed by atoms with Crippen LogP contribution in [0.1, 0.15) is 132 Å². The molecule has 11 fully saturated rings. The normalized spacial score (nSPS) is 31.5. The van der Waals surface area contributed by atoms with E-state index in [0.717, 1.165) is 31.3 Å². The Balaban J connectivity index is -0.000000677. The van der Waals surface area contributed by atoms with Gasteiger partial charge in [0, 0.05) is 29.8 Å². The summed E-state index contributed by atoms with van der Waals surface area (Å²) in [5.74, 6) is -7.49. The molecule has 21 atom stereocenters. The van der Waals surface area contributed by atoms with Gasteiger partial charge < -0.3 is 128 Å². The summed E-state index contributed by atoms with van der Waals surface area (Å²) in [4.78, 5) is 56.0. The maximum absolute atomic E-state index is 11.8. The summed E-state index contributed by atoms with van der Waals surface area (Å²) < 4.78 is 246. The summed E-state index contributed by atoms with van der Waals surface area (Å²) in [6.07, 6.45) is -8.83. The van der Waals surface area contributed by atoms with Gasteiger partial charge in [-0.3, -0.25) is 21.7 Å². The van der Waals surface area contributed by atoms with Crippen LogP contribution in [0.2, 0.25) is 18.1 Å². The van der Waals surface area contributed by atoms with Gasteiger partial charge in [0.05, 0.1) is 77.0 Å². The number of fused-ring (bicyclic) bond motifs is 4. The van der Waals surface area contributed by atoms with Crippen molar-refractivity contribution in [1.29, 1.82) is 0 Å². The number of ether oxygens (including phenoxy) is 17. The molecular weight excluding hydrogens is 1920 g/mol. The van der Waals surface area contributed by atoms with Crippen molar-refractivity contribution in [3.8, 4) is 0 Å². The molecule has 48 nitrogen and oxygen atoms in total. The summed E-state index contributed by atoms with van der Waals surface area (Å²) in [7, 11) is -14.8. The van der Waals surface area contributed by atoms with Crippen LogP contribution in [0.5, 0.6) is 0 Å². The molecule has 11 rings (SSSR count). The molecule has 0 amide bonds. The fourth-order valence-electron chi connectivity index (χ4n) is 11.8. The van der Waals surface area contributed by atoms with Crippen LogP contribution in [0.4, 0.5) is 0 Å². The molecular formula is C66H122BCl2KNaO48S6Si. The number of esters is 5. The molecule has 3 radical (unpaired) electrons. The van der Waals surface area contributed by atoms with Crippen molar-refractivity contribution < 1.29 is 305 Å². The van der Waals surface area contributed by atoms with Gasteiger partial charge in [0.25, 0.3) is 30.4 Å². The van der Waals surface area contributed by atoms with E-state index in [0.29, 0.717) is 19.4 Å². The Bertz CT molecular complexity index is 4030. The second-order valence-corrected chi connectivity index (χ2v) is 49.2. The van der Waals surface area contributed by atoms with E-state index >= 15 is 0 Å². The number of halogens is 2. The first kappa shape index (κ1) is 130. The van der Waals surface area contributed by atoms with Gasteiger partial charge in [-0.25, -0.2) is 40.8 Å². The van der Waals surface area contributed by atoms with Gasteiger partial charge >= 0.3 is 121 Å². The van der Waals surface area contributed by atoms with Gasteiger partial charge in [-0.2, -0.15) is 33.7 Å². The largest absolute Gasteiger partial charge is 1.00 e. The van der Waals surface area contributed by atoms with Crippen LogP contribution < -0.4 is 80.9 Å². The third-order valence-corrected chi connectivity index (χ3v) is 23.8. The zero-order chi connectivity index (χ0) is 95.2. The first-order valence-electron chi connectivity index (χ1n) is 37.0. The smallest absolute Gasteiger partial charge is 1.00 e. The van der Waals surface area contributed by atoms with Crippen LogP contribution in [0.3, 0.4) is 0 Å². The van der Waals surface area contributed by atoms with Crippen LogP contribution in [-0.4, -0.2) is 388 Å². The Hall–Kier alpha value is -0.492. The van der Waals surface area contributed by atoms with Crippen molar-refractivity contribution in [3.05, 3.63) is 0 Å². The quantitative estimate of drug-likeness (QED) is 0.0145. The zero-order valence-corrected chi connectivity index (χ0v) is 87.3. The average Bonchev–Trinajstić information content (AvgIpc) is 1.63. The second-order valence-electron chi connectivity index (χ2n) is 32.5. The van der Waals surface area contributed by atoms with E-state index in [9.17, 15) is 71.2 Å². The maximum atomic E-state index is 11.8. The molecule has 11 aliphatic heterocycles. The zero-order valence-electron chi connectivity index (χ0n) is 75.8. The predicted molar refractivity (Wildman–Crippen MR) is 428 cm³/mol. The number of carbonyl (C=O) groups is 5. The molecule has 0 unspecified atom stereocenters. The van der Waals surface area contributed by atoms with Gasteiger partial charge in [0.2, 0.25) is 18.1 Å². The molecule has 10 N–H and O–H groups in total. The summed E-state index contributed by atoms with van der Waals surface area (Å²) in [6.45, 7) is 34.0. The van der Waals surface area contributed by atoms with E-state index < -0.39 is 248 Å². The molecule has 126 heavy (non-hydrogen) atoms. The van der Waals surface area contributed by atoms with Crippen molar-refractivity contribution in [2.75, 3.05) is 77.5 Å². The Labute approximate surface area is 812 Å². The minimum Gasteiger partial charge on any atom is -1.00 e. The fraction of sp³-hybridized carbons (Fsp3) is 0.924. The summed E-state index contributed by atoms with van der Waals surface area (Å²) in [6, 6.07) is 0. The van der Waals surface area contributed by atoms with Gasteiger partial charge in [0.1, 0.15) is 67.6 Å². The minimum absolute atomic E-state index is 0. The number of rotatable bonds is 19. The monoisotopic (exact) mass is 2050 g/mol. The predicted octanol–water partition coefficient (Wildman–Crippen LogP) is -7.88. The summed E-state index contributed by atoms with van der Waals surface area (Å²) >= 11 is 0. The summed E-state index contributed by atoms with van der Waals surface area (Å²) in [5, 5.41) is 62.5. The van der Waals surface area contributed by atoms with Crippen LogP contribution in [-0.2, 0) is 180 Å². The molecule has 0 aromatic heterocycles. The molecule has 60 heteroatoms. The molecule has 0 aromatic rings. The molecule has 11 aliphatic rings. The van der Waals surface area contributed by atoms with Crippen LogP contribution in [0, 0.1) is 0 Å². The first-order chi connectivity index (χ1) is 54.7. The Kier molecular flexibility index (Phi) is 53.3. The van der Waals surface area contributed by atoms with E-state index in [4.69, 9.17) is 137 Å². The molecule has 0 saturated carbocycles. The Morgan fingerprint density at radius 2 is 0.690 bits per heavy atom. The number of aliphatic hydroxyl groups is 7. The van der Waals surface area contributed by atoms with E-state index in [1.54, 1.807) is 76.2 Å². The third kappa shape index (κ3) is 46.6. The number of hydrogen-bond donors (Lipinski definition) is 9. The fourth-order valence-corrected chi connectivity index (χ4v) is 14.2. The summed E-state index contributed by atoms with van der Waals surface area (Å²) in [5.41, 5.74) is 0. The van der Waals surface area contributed by atoms with Crippen molar-refractivity contribution in [2.24, 2.45) is 0 Å². The SMILES string of the molecule is CC1(C)O[C@@H]2[C@@H](CO)OC(=O)[C@@H]2O1.CC1(C)O[C@@H]2[C@@H](COS(C)(=O)=O)OC(=O)[C@@H]2O1.CC1(C)O[C@@H]2[C@H](CO)OC(=O)[C@@H]2O1.CC1(C)O[C@@H]2[C@H](CO[Si](C)(C)C(C)(C)C)OC(=O)[C@@H]2O1.CC[C@H](O)[C@H]1OC(C)(C)O[C@H]1CO.CC[C@H](OS(C)(=O)=O)[C@H]1OC(C)(C)O[C@H]1COS(C)(=O)=O.CS(=O)(=O)Cl.CS(=O)(=O)Cl.O=C1O[C@H](CO)[C@@H](O)[C@H]1O.O=S(=O)(O)O.[B].[H-].[K+].[Na+].[OH-]. The molecule has 0 aliphatic carbocycles. The van der Waals surface area contributed by atoms with Gasteiger partial charge in [-0.05, 0) is 114 Å².